The van der Waals surface area contributed by atoms with Crippen LogP contribution in [0.3, 0.4) is 0 Å². The molecule has 1 aromatic heterocycles. The maximum Gasteiger partial charge on any atom is 0.252 e. The van der Waals surface area contributed by atoms with Gasteiger partial charge in [0.15, 0.2) is 0 Å². The Morgan fingerprint density at radius 2 is 2.05 bits per heavy atom. The van der Waals surface area contributed by atoms with Gasteiger partial charge in [-0.2, -0.15) is 5.10 Å². The number of aromatic nitrogens is 2. The Kier molecular flexibility index (Phi) is 5.47. The molecule has 1 aromatic carbocycles. The third-order valence-electron chi connectivity index (χ3n) is 3.39. The summed E-state index contributed by atoms with van der Waals surface area (Å²) in [5, 5.41) is 4.27. The van der Waals surface area contributed by atoms with Crippen LogP contribution in [-0.2, 0) is 6.42 Å². The molecule has 0 amide bonds. The number of hydrogen-bond acceptors (Lipinski definition) is 4. The molecule has 5 heteroatoms. The van der Waals surface area contributed by atoms with Crippen LogP contribution < -0.4 is 11.0 Å². The Balaban J connectivity index is 2.06. The second-order valence-electron chi connectivity index (χ2n) is 5.34. The zero-order chi connectivity index (χ0) is 15.9. The van der Waals surface area contributed by atoms with Crippen molar-refractivity contribution in [3.05, 3.63) is 57.5 Å². The van der Waals surface area contributed by atoms with E-state index in [1.54, 1.807) is 6.92 Å². The number of benzene rings is 1. The van der Waals surface area contributed by atoms with E-state index in [2.05, 4.69) is 51.7 Å². The van der Waals surface area contributed by atoms with Crippen molar-refractivity contribution in [3.63, 3.8) is 0 Å². The highest BCUT2D eigenvalue weighted by atomic mass is 16.1. The molecule has 0 aliphatic rings. The molecule has 0 saturated heterocycles. The molecule has 0 radical (unpaired) electrons. The van der Waals surface area contributed by atoms with Crippen LogP contribution in [0.25, 0.3) is 0 Å². The normalized spacial score (nSPS) is 11.5. The van der Waals surface area contributed by atoms with Gasteiger partial charge in [0.1, 0.15) is 0 Å². The largest absolute Gasteiger partial charge is 0.291 e. The molecule has 0 unspecified atom stereocenters. The quantitative estimate of drug-likeness (QED) is 0.635. The first-order valence-electron chi connectivity index (χ1n) is 7.56. The Morgan fingerprint density at radius 3 is 2.68 bits per heavy atom. The van der Waals surface area contributed by atoms with Crippen molar-refractivity contribution in [3.8, 4) is 0 Å². The van der Waals surface area contributed by atoms with Gasteiger partial charge in [-0.3, -0.25) is 9.78 Å². The van der Waals surface area contributed by atoms with Gasteiger partial charge in [-0.15, -0.1) is 0 Å². The van der Waals surface area contributed by atoms with Crippen molar-refractivity contribution in [1.82, 2.24) is 9.97 Å². The van der Waals surface area contributed by atoms with Crippen LogP contribution in [0.5, 0.6) is 0 Å². The molecular formula is C17H22N4O. The van der Waals surface area contributed by atoms with Crippen LogP contribution in [0.4, 0.5) is 5.95 Å². The van der Waals surface area contributed by atoms with E-state index in [0.29, 0.717) is 11.6 Å². The molecule has 0 saturated carbocycles. The fourth-order valence-corrected chi connectivity index (χ4v) is 2.13. The Morgan fingerprint density at radius 1 is 1.32 bits per heavy atom. The summed E-state index contributed by atoms with van der Waals surface area (Å²) in [5.74, 6) is 0.351. The van der Waals surface area contributed by atoms with Gasteiger partial charge in [0.2, 0.25) is 5.95 Å². The predicted molar refractivity (Wildman–Crippen MR) is 90.5 cm³/mol. The van der Waals surface area contributed by atoms with Crippen LogP contribution >= 0.6 is 0 Å². The monoisotopic (exact) mass is 298 g/mol. The summed E-state index contributed by atoms with van der Waals surface area (Å²) in [5.41, 5.74) is 6.48. The second-order valence-corrected chi connectivity index (χ2v) is 5.34. The lowest BCUT2D eigenvalue weighted by Gasteiger charge is -2.05. The SMILES string of the molecule is CCCCc1ccc(/C(C)=N\Nc2nc(C)cc(=O)[nH]2)cc1. The first-order chi connectivity index (χ1) is 10.6. The van der Waals surface area contributed by atoms with E-state index in [0.717, 1.165) is 17.7 Å². The minimum atomic E-state index is -0.192. The van der Waals surface area contributed by atoms with Gasteiger partial charge in [-0.05, 0) is 37.8 Å². The van der Waals surface area contributed by atoms with Gasteiger partial charge in [0.05, 0.1) is 5.71 Å². The van der Waals surface area contributed by atoms with Crippen molar-refractivity contribution in [1.29, 1.82) is 0 Å². The van der Waals surface area contributed by atoms with Gasteiger partial charge < -0.3 is 0 Å². The number of nitrogens with zero attached hydrogens (tertiary/aromatic N) is 2. The maximum absolute atomic E-state index is 11.4. The van der Waals surface area contributed by atoms with Crippen molar-refractivity contribution in [2.45, 2.75) is 40.0 Å². The van der Waals surface area contributed by atoms with E-state index in [4.69, 9.17) is 0 Å². The van der Waals surface area contributed by atoms with Gasteiger partial charge >= 0.3 is 0 Å². The molecule has 0 bridgehead atoms. The van der Waals surface area contributed by atoms with E-state index in [9.17, 15) is 4.79 Å². The van der Waals surface area contributed by atoms with Crippen LogP contribution in [0.2, 0.25) is 0 Å². The summed E-state index contributed by atoms with van der Waals surface area (Å²) in [4.78, 5) is 18.1. The summed E-state index contributed by atoms with van der Waals surface area (Å²) in [6.07, 6.45) is 3.52. The molecule has 2 N–H and O–H groups in total. The second kappa shape index (κ2) is 7.54. The predicted octanol–water partition coefficient (Wildman–Crippen LogP) is 3.26. The standard InChI is InChI=1S/C17H22N4O/c1-4-5-6-14-7-9-15(10-8-14)13(3)20-21-17-18-12(2)11-16(22)19-17/h7-11H,4-6H2,1-3H3,(H2,18,19,21,22)/b20-13-. The van der Waals surface area contributed by atoms with Crippen molar-refractivity contribution < 1.29 is 0 Å². The minimum Gasteiger partial charge on any atom is -0.291 e. The summed E-state index contributed by atoms with van der Waals surface area (Å²) in [7, 11) is 0. The number of H-pyrrole nitrogens is 1. The van der Waals surface area contributed by atoms with E-state index in [1.165, 1.54) is 24.5 Å². The van der Waals surface area contributed by atoms with E-state index >= 15 is 0 Å². The first kappa shape index (κ1) is 15.9. The lowest BCUT2D eigenvalue weighted by molar-refractivity contribution is 0.795. The smallest absolute Gasteiger partial charge is 0.252 e. The average molecular weight is 298 g/mol. The third-order valence-corrected chi connectivity index (χ3v) is 3.39. The van der Waals surface area contributed by atoms with Gasteiger partial charge in [0, 0.05) is 11.8 Å². The average Bonchev–Trinajstić information content (AvgIpc) is 2.50. The van der Waals surface area contributed by atoms with Crippen molar-refractivity contribution >= 4 is 11.7 Å². The number of rotatable bonds is 6. The van der Waals surface area contributed by atoms with E-state index in [1.807, 2.05) is 6.92 Å². The first-order valence-corrected chi connectivity index (χ1v) is 7.56. The summed E-state index contributed by atoms with van der Waals surface area (Å²) in [6.45, 7) is 5.88. The molecule has 2 aromatic rings. The fourth-order valence-electron chi connectivity index (χ4n) is 2.13. The van der Waals surface area contributed by atoms with Crippen LogP contribution in [0.1, 0.15) is 43.5 Å². The maximum atomic E-state index is 11.4. The number of unbranched alkanes of at least 4 members (excludes halogenated alkanes) is 1. The summed E-state index contributed by atoms with van der Waals surface area (Å²) >= 11 is 0. The number of anilines is 1. The van der Waals surface area contributed by atoms with Crippen LogP contribution in [0, 0.1) is 6.92 Å². The number of hydrogen-bond donors (Lipinski definition) is 2. The summed E-state index contributed by atoms with van der Waals surface area (Å²) < 4.78 is 0. The summed E-state index contributed by atoms with van der Waals surface area (Å²) in [6, 6.07) is 9.85. The molecule has 0 spiro atoms. The van der Waals surface area contributed by atoms with Crippen LogP contribution in [0.15, 0.2) is 40.2 Å². The van der Waals surface area contributed by atoms with Crippen LogP contribution in [-0.4, -0.2) is 15.7 Å². The van der Waals surface area contributed by atoms with Crippen molar-refractivity contribution in [2.24, 2.45) is 5.10 Å². The lowest BCUT2D eigenvalue weighted by atomic mass is 10.0. The number of nitrogens with one attached hydrogen (secondary N) is 2. The zero-order valence-electron chi connectivity index (χ0n) is 13.3. The topological polar surface area (TPSA) is 70.1 Å². The van der Waals surface area contributed by atoms with E-state index in [-0.39, 0.29) is 5.56 Å². The van der Waals surface area contributed by atoms with Gasteiger partial charge in [-0.25, -0.2) is 10.4 Å². The minimum absolute atomic E-state index is 0.192. The Bertz CT molecular complexity index is 701. The molecule has 5 nitrogen and oxygen atoms in total. The highest BCUT2D eigenvalue weighted by Gasteiger charge is 2.00. The zero-order valence-corrected chi connectivity index (χ0v) is 13.3. The highest BCUT2D eigenvalue weighted by molar-refractivity contribution is 5.99. The fraction of sp³-hybridized carbons (Fsp3) is 0.353. The molecule has 116 valence electrons. The molecule has 2 rings (SSSR count). The third kappa shape index (κ3) is 4.55. The Hall–Kier alpha value is -2.43. The Labute approximate surface area is 130 Å². The van der Waals surface area contributed by atoms with Crippen molar-refractivity contribution in [2.75, 3.05) is 5.43 Å². The molecular weight excluding hydrogens is 276 g/mol. The lowest BCUT2D eigenvalue weighted by Crippen LogP contribution is -2.11. The molecule has 22 heavy (non-hydrogen) atoms. The van der Waals surface area contributed by atoms with E-state index < -0.39 is 0 Å². The number of hydrazone groups is 1. The van der Waals surface area contributed by atoms with Gasteiger partial charge in [0.25, 0.3) is 5.56 Å². The molecule has 0 aliphatic heterocycles. The number of aromatic amines is 1. The molecule has 0 aliphatic carbocycles. The molecule has 0 atom stereocenters. The molecule has 1 heterocycles. The highest BCUT2D eigenvalue weighted by Crippen LogP contribution is 2.09. The molecule has 0 fully saturated rings. The van der Waals surface area contributed by atoms with Gasteiger partial charge in [-0.1, -0.05) is 37.6 Å². The number of aryl methyl sites for hydroxylation is 2.